The van der Waals surface area contributed by atoms with Crippen molar-refractivity contribution in [3.8, 4) is 39.8 Å². The number of carbonyl (C=O) groups is 1. The third kappa shape index (κ3) is 4.56. The van der Waals surface area contributed by atoms with Crippen LogP contribution in [0.1, 0.15) is 22.2 Å². The van der Waals surface area contributed by atoms with Gasteiger partial charge in [0.25, 0.3) is 0 Å². The quantitative estimate of drug-likeness (QED) is 0.236. The number of benzene rings is 3. The van der Waals surface area contributed by atoms with Crippen molar-refractivity contribution < 1.29 is 23.4 Å². The lowest BCUT2D eigenvalue weighted by Crippen LogP contribution is -2.38. The van der Waals surface area contributed by atoms with Gasteiger partial charge in [0, 0.05) is 11.1 Å². The molecule has 0 saturated carbocycles. The SMILES string of the molecule is COc1cc(-c2nnc3n2NC(c2ccco2)C(C(=O)c2ccc(-c4ccccc4)cc2)S3)cc(OC)c1OC. The van der Waals surface area contributed by atoms with Crippen LogP contribution < -0.4 is 19.6 Å². The highest BCUT2D eigenvalue weighted by Gasteiger charge is 2.40. The Bertz CT molecular complexity index is 1610. The third-order valence-electron chi connectivity index (χ3n) is 6.74. The van der Waals surface area contributed by atoms with Gasteiger partial charge in [-0.1, -0.05) is 66.4 Å². The van der Waals surface area contributed by atoms with E-state index in [1.165, 1.54) is 11.8 Å². The molecule has 0 radical (unpaired) electrons. The fourth-order valence-electron chi connectivity index (χ4n) is 4.76. The van der Waals surface area contributed by atoms with Gasteiger partial charge in [0.15, 0.2) is 23.1 Å². The Hall–Kier alpha value is -4.70. The van der Waals surface area contributed by atoms with E-state index in [2.05, 4.69) is 15.6 Å². The normalized spacial score (nSPS) is 16.1. The molecule has 0 amide bonds. The zero-order valence-electron chi connectivity index (χ0n) is 22.0. The van der Waals surface area contributed by atoms with Crippen LogP contribution in [-0.2, 0) is 0 Å². The summed E-state index contributed by atoms with van der Waals surface area (Å²) in [6, 6.07) is 24.5. The van der Waals surface area contributed by atoms with Crippen LogP contribution in [0.3, 0.4) is 0 Å². The third-order valence-corrected chi connectivity index (χ3v) is 7.96. The Labute approximate surface area is 235 Å². The number of thioether (sulfide) groups is 1. The number of Topliss-reactive ketones (excluding diaryl/α,β-unsaturated/α-hetero) is 1. The average molecular weight is 555 g/mol. The van der Waals surface area contributed by atoms with Gasteiger partial charge < -0.3 is 24.1 Å². The number of ketones is 1. The van der Waals surface area contributed by atoms with Crippen LogP contribution >= 0.6 is 11.8 Å². The first-order chi connectivity index (χ1) is 19.6. The van der Waals surface area contributed by atoms with Crippen molar-refractivity contribution in [1.82, 2.24) is 14.9 Å². The number of rotatable bonds is 8. The van der Waals surface area contributed by atoms with Gasteiger partial charge in [0.2, 0.25) is 10.9 Å². The van der Waals surface area contributed by atoms with Gasteiger partial charge in [-0.15, -0.1) is 10.2 Å². The fraction of sp³-hybridized carbons (Fsp3) is 0.167. The summed E-state index contributed by atoms with van der Waals surface area (Å²) in [6.07, 6.45) is 1.60. The van der Waals surface area contributed by atoms with Gasteiger partial charge in [-0.05, 0) is 35.4 Å². The topological polar surface area (TPSA) is 101 Å². The minimum absolute atomic E-state index is 0.0397. The zero-order chi connectivity index (χ0) is 27.6. The van der Waals surface area contributed by atoms with E-state index in [0.29, 0.717) is 45.1 Å². The molecule has 0 aliphatic carbocycles. The monoisotopic (exact) mass is 554 g/mol. The van der Waals surface area contributed by atoms with Gasteiger partial charge in [-0.25, -0.2) is 4.68 Å². The predicted octanol–water partition coefficient (Wildman–Crippen LogP) is 5.87. The summed E-state index contributed by atoms with van der Waals surface area (Å²) < 4.78 is 24.1. The molecule has 202 valence electrons. The lowest BCUT2D eigenvalue weighted by molar-refractivity contribution is 0.0977. The number of hydrogen-bond donors (Lipinski definition) is 1. The van der Waals surface area contributed by atoms with Crippen molar-refractivity contribution in [1.29, 1.82) is 0 Å². The molecule has 0 bridgehead atoms. The van der Waals surface area contributed by atoms with Crippen molar-refractivity contribution in [2.24, 2.45) is 0 Å². The number of hydrogen-bond acceptors (Lipinski definition) is 9. The Morgan fingerprint density at radius 3 is 2.17 bits per heavy atom. The number of methoxy groups -OCH3 is 3. The van der Waals surface area contributed by atoms with Gasteiger partial charge in [0.05, 0.1) is 27.6 Å². The van der Waals surface area contributed by atoms with Crippen LogP contribution in [-0.4, -0.2) is 47.2 Å². The van der Waals surface area contributed by atoms with Crippen molar-refractivity contribution >= 4 is 17.5 Å². The Morgan fingerprint density at radius 2 is 1.55 bits per heavy atom. The number of nitrogens with zero attached hydrogens (tertiary/aromatic N) is 3. The Morgan fingerprint density at radius 1 is 0.850 bits per heavy atom. The molecule has 2 unspecified atom stereocenters. The van der Waals surface area contributed by atoms with E-state index in [9.17, 15) is 4.79 Å². The number of ether oxygens (including phenoxy) is 3. The molecule has 6 rings (SSSR count). The van der Waals surface area contributed by atoms with E-state index in [4.69, 9.17) is 18.6 Å². The molecule has 3 heterocycles. The first kappa shape index (κ1) is 25.6. The average Bonchev–Trinajstić information content (AvgIpc) is 3.70. The maximum absolute atomic E-state index is 13.9. The fourth-order valence-corrected chi connectivity index (χ4v) is 5.89. The molecule has 1 aliphatic rings. The van der Waals surface area contributed by atoms with E-state index in [0.717, 1.165) is 11.1 Å². The second-order valence-corrected chi connectivity index (χ2v) is 10.1. The second kappa shape index (κ2) is 10.8. The molecule has 5 aromatic rings. The Kier molecular flexibility index (Phi) is 6.91. The molecule has 0 saturated heterocycles. The summed E-state index contributed by atoms with van der Waals surface area (Å²) in [6.45, 7) is 0. The van der Waals surface area contributed by atoms with Crippen molar-refractivity contribution in [2.75, 3.05) is 26.8 Å². The lowest BCUT2D eigenvalue weighted by atomic mass is 9.98. The number of aromatic nitrogens is 3. The molecule has 0 spiro atoms. The van der Waals surface area contributed by atoms with Crippen LogP contribution in [0.25, 0.3) is 22.5 Å². The summed E-state index contributed by atoms with van der Waals surface area (Å²) in [5, 5.41) is 8.84. The molecule has 9 nitrogen and oxygen atoms in total. The maximum atomic E-state index is 13.9. The van der Waals surface area contributed by atoms with E-state index < -0.39 is 11.3 Å². The summed E-state index contributed by atoms with van der Waals surface area (Å²) in [7, 11) is 4.67. The van der Waals surface area contributed by atoms with Crippen molar-refractivity contribution in [2.45, 2.75) is 16.4 Å². The van der Waals surface area contributed by atoms with E-state index in [1.807, 2.05) is 60.7 Å². The molecule has 40 heavy (non-hydrogen) atoms. The molecule has 3 aromatic carbocycles. The van der Waals surface area contributed by atoms with E-state index in [-0.39, 0.29) is 5.78 Å². The highest BCUT2D eigenvalue weighted by atomic mass is 32.2. The molecular formula is C30H26N4O5S. The highest BCUT2D eigenvalue weighted by molar-refractivity contribution is 8.00. The number of furan rings is 1. The predicted molar refractivity (Wildman–Crippen MR) is 152 cm³/mol. The van der Waals surface area contributed by atoms with E-state index >= 15 is 0 Å². The van der Waals surface area contributed by atoms with Gasteiger partial charge in [-0.3, -0.25) is 4.79 Å². The summed E-state index contributed by atoms with van der Waals surface area (Å²) in [5.74, 6) is 2.58. The van der Waals surface area contributed by atoms with Gasteiger partial charge in [0.1, 0.15) is 17.1 Å². The molecule has 1 aliphatic heterocycles. The largest absolute Gasteiger partial charge is 0.493 e. The number of nitrogens with one attached hydrogen (secondary N) is 1. The molecule has 0 fully saturated rings. The molecule has 2 atom stereocenters. The van der Waals surface area contributed by atoms with Crippen molar-refractivity contribution in [3.05, 3.63) is 96.4 Å². The summed E-state index contributed by atoms with van der Waals surface area (Å²) in [4.78, 5) is 13.9. The maximum Gasteiger partial charge on any atom is 0.211 e. The lowest BCUT2D eigenvalue weighted by Gasteiger charge is -2.31. The smallest absolute Gasteiger partial charge is 0.211 e. The Balaban J connectivity index is 1.36. The zero-order valence-corrected chi connectivity index (χ0v) is 22.8. The van der Waals surface area contributed by atoms with Crippen LogP contribution in [0.2, 0.25) is 0 Å². The minimum atomic E-state index is -0.543. The molecular weight excluding hydrogens is 528 g/mol. The molecule has 1 N–H and O–H groups in total. The summed E-state index contributed by atoms with van der Waals surface area (Å²) >= 11 is 1.34. The molecule has 10 heteroatoms. The van der Waals surface area contributed by atoms with E-state index in [1.54, 1.807) is 50.5 Å². The first-order valence-electron chi connectivity index (χ1n) is 12.5. The van der Waals surface area contributed by atoms with Crippen LogP contribution in [0.5, 0.6) is 17.2 Å². The minimum Gasteiger partial charge on any atom is -0.493 e. The molecule has 2 aromatic heterocycles. The first-order valence-corrected chi connectivity index (χ1v) is 13.4. The highest BCUT2D eigenvalue weighted by Crippen LogP contribution is 2.44. The van der Waals surface area contributed by atoms with Gasteiger partial charge >= 0.3 is 0 Å². The number of fused-ring (bicyclic) bond motifs is 1. The second-order valence-electron chi connectivity index (χ2n) is 9.02. The van der Waals surface area contributed by atoms with Crippen LogP contribution in [0.4, 0.5) is 0 Å². The standard InChI is InChI=1S/C30H26N4O5S/c1-36-23-16-21(17-24(37-2)27(23)38-3)29-31-32-30-34(29)33-25(22-10-7-15-39-22)28(40-30)26(35)20-13-11-19(12-14-20)18-8-5-4-6-9-18/h4-17,25,28,33H,1-3H3. The number of carbonyl (C=O) groups excluding carboxylic acids is 1. The summed E-state index contributed by atoms with van der Waals surface area (Å²) in [5.41, 5.74) is 6.87. The van der Waals surface area contributed by atoms with Crippen molar-refractivity contribution in [3.63, 3.8) is 0 Å². The van der Waals surface area contributed by atoms with Crippen LogP contribution in [0.15, 0.2) is 94.7 Å². The van der Waals surface area contributed by atoms with Gasteiger partial charge in [-0.2, -0.15) is 0 Å². The van der Waals surface area contributed by atoms with Crippen LogP contribution in [0, 0.1) is 0 Å².